The van der Waals surface area contributed by atoms with Gasteiger partial charge in [0.15, 0.2) is 0 Å². The third kappa shape index (κ3) is 1.23. The predicted octanol–water partition coefficient (Wildman–Crippen LogP) is 0.841. The van der Waals surface area contributed by atoms with Crippen LogP contribution in [-0.4, -0.2) is 24.2 Å². The van der Waals surface area contributed by atoms with Crippen LogP contribution in [0.4, 0.5) is 0 Å². The van der Waals surface area contributed by atoms with E-state index in [1.54, 1.807) is 12.3 Å². The van der Waals surface area contributed by atoms with E-state index >= 15 is 0 Å². The Bertz CT molecular complexity index is 333. The minimum Gasteiger partial charge on any atom is -0.481 e. The van der Waals surface area contributed by atoms with Crippen molar-refractivity contribution in [3.8, 4) is 0 Å². The molecule has 2 heterocycles. The maximum atomic E-state index is 11.0. The smallest absolute Gasteiger partial charge is 0.308 e. The van der Waals surface area contributed by atoms with Crippen molar-refractivity contribution in [2.24, 2.45) is 5.92 Å². The van der Waals surface area contributed by atoms with E-state index < -0.39 is 17.3 Å². The van der Waals surface area contributed by atoms with Crippen LogP contribution in [0.2, 0.25) is 0 Å². The molecule has 2 unspecified atom stereocenters. The van der Waals surface area contributed by atoms with Gasteiger partial charge in [0.2, 0.25) is 0 Å². The van der Waals surface area contributed by atoms with Crippen molar-refractivity contribution in [1.29, 1.82) is 0 Å². The summed E-state index contributed by atoms with van der Waals surface area (Å²) in [5.74, 6) is -0.433. The van der Waals surface area contributed by atoms with Crippen molar-refractivity contribution >= 4 is 5.97 Å². The summed E-state index contributed by atoms with van der Waals surface area (Å²) >= 11 is 0. The number of aliphatic carboxylic acids is 1. The van der Waals surface area contributed by atoms with E-state index in [0.29, 0.717) is 13.1 Å². The van der Waals surface area contributed by atoms with Crippen LogP contribution in [0.5, 0.6) is 0 Å². The zero-order valence-electron chi connectivity index (χ0n) is 7.99. The number of carboxylic acids is 1. The standard InChI is InChI=1S/C10H13NO3/c1-10(8-3-2-4-14-8)6-11-5-7(10)9(12)13/h2-4,7,11H,5-6H2,1H3,(H,12,13). The largest absolute Gasteiger partial charge is 0.481 e. The molecule has 2 atom stereocenters. The van der Waals surface area contributed by atoms with Gasteiger partial charge in [-0.3, -0.25) is 4.79 Å². The molecule has 0 aliphatic carbocycles. The fourth-order valence-corrected chi connectivity index (χ4v) is 2.05. The lowest BCUT2D eigenvalue weighted by Gasteiger charge is -2.25. The van der Waals surface area contributed by atoms with Crippen molar-refractivity contribution in [2.45, 2.75) is 12.3 Å². The van der Waals surface area contributed by atoms with Gasteiger partial charge in [-0.25, -0.2) is 0 Å². The van der Waals surface area contributed by atoms with Gasteiger partial charge in [-0.05, 0) is 12.1 Å². The van der Waals surface area contributed by atoms with Crippen LogP contribution in [0, 0.1) is 5.92 Å². The summed E-state index contributed by atoms with van der Waals surface area (Å²) in [5.41, 5.74) is -0.421. The number of rotatable bonds is 2. The molecular formula is C10H13NO3. The van der Waals surface area contributed by atoms with E-state index in [4.69, 9.17) is 9.52 Å². The molecule has 0 radical (unpaired) electrons. The Kier molecular flexibility index (Phi) is 2.07. The quantitative estimate of drug-likeness (QED) is 0.734. The molecule has 0 amide bonds. The molecule has 14 heavy (non-hydrogen) atoms. The van der Waals surface area contributed by atoms with Crippen molar-refractivity contribution in [3.63, 3.8) is 0 Å². The summed E-state index contributed by atoms with van der Waals surface area (Å²) in [7, 11) is 0. The molecule has 2 rings (SSSR count). The van der Waals surface area contributed by atoms with Crippen LogP contribution in [0.3, 0.4) is 0 Å². The van der Waals surface area contributed by atoms with Gasteiger partial charge < -0.3 is 14.8 Å². The number of furan rings is 1. The number of hydrogen-bond acceptors (Lipinski definition) is 3. The molecule has 1 aromatic rings. The zero-order valence-corrected chi connectivity index (χ0v) is 7.99. The molecule has 0 aromatic carbocycles. The molecule has 2 N–H and O–H groups in total. The summed E-state index contributed by atoms with van der Waals surface area (Å²) in [5, 5.41) is 12.2. The first-order valence-electron chi connectivity index (χ1n) is 4.62. The van der Waals surface area contributed by atoms with Gasteiger partial charge in [-0.15, -0.1) is 0 Å². The van der Waals surface area contributed by atoms with Crippen molar-refractivity contribution < 1.29 is 14.3 Å². The van der Waals surface area contributed by atoms with E-state index in [1.807, 2.05) is 13.0 Å². The number of hydrogen-bond donors (Lipinski definition) is 2. The summed E-state index contributed by atoms with van der Waals surface area (Å²) in [6.07, 6.45) is 1.58. The predicted molar refractivity (Wildman–Crippen MR) is 50.1 cm³/mol. The average molecular weight is 195 g/mol. The Morgan fingerprint density at radius 3 is 3.14 bits per heavy atom. The number of carboxylic acid groups (broad SMARTS) is 1. The zero-order chi connectivity index (χ0) is 10.2. The van der Waals surface area contributed by atoms with Gasteiger partial charge in [0, 0.05) is 13.1 Å². The molecule has 0 bridgehead atoms. The molecule has 4 heteroatoms. The van der Waals surface area contributed by atoms with Crippen LogP contribution in [0.15, 0.2) is 22.8 Å². The number of nitrogens with one attached hydrogen (secondary N) is 1. The Morgan fingerprint density at radius 1 is 1.79 bits per heavy atom. The van der Waals surface area contributed by atoms with E-state index in [9.17, 15) is 4.79 Å². The third-order valence-corrected chi connectivity index (χ3v) is 2.99. The Morgan fingerprint density at radius 2 is 2.57 bits per heavy atom. The van der Waals surface area contributed by atoms with Crippen LogP contribution >= 0.6 is 0 Å². The minimum atomic E-state index is -0.770. The van der Waals surface area contributed by atoms with Crippen molar-refractivity contribution in [1.82, 2.24) is 5.32 Å². The van der Waals surface area contributed by atoms with Gasteiger partial charge in [0.05, 0.1) is 17.6 Å². The van der Waals surface area contributed by atoms with E-state index in [1.165, 1.54) is 0 Å². The lowest BCUT2D eigenvalue weighted by molar-refractivity contribution is -0.143. The maximum Gasteiger partial charge on any atom is 0.308 e. The highest BCUT2D eigenvalue weighted by atomic mass is 16.4. The summed E-state index contributed by atoms with van der Waals surface area (Å²) in [6, 6.07) is 3.63. The fourth-order valence-electron chi connectivity index (χ4n) is 2.05. The van der Waals surface area contributed by atoms with E-state index in [0.717, 1.165) is 5.76 Å². The summed E-state index contributed by atoms with van der Waals surface area (Å²) in [4.78, 5) is 11.0. The minimum absolute atomic E-state index is 0.409. The van der Waals surface area contributed by atoms with Crippen LogP contribution in [-0.2, 0) is 10.2 Å². The van der Waals surface area contributed by atoms with Gasteiger partial charge in [0.1, 0.15) is 5.76 Å². The molecule has 76 valence electrons. The third-order valence-electron chi connectivity index (χ3n) is 2.99. The molecular weight excluding hydrogens is 182 g/mol. The second-order valence-corrected chi connectivity index (χ2v) is 3.92. The first-order chi connectivity index (χ1) is 6.64. The van der Waals surface area contributed by atoms with Crippen molar-refractivity contribution in [2.75, 3.05) is 13.1 Å². The second-order valence-electron chi connectivity index (χ2n) is 3.92. The Labute approximate surface area is 81.9 Å². The lowest BCUT2D eigenvalue weighted by atomic mass is 9.78. The molecule has 1 fully saturated rings. The highest BCUT2D eigenvalue weighted by molar-refractivity contribution is 5.73. The first kappa shape index (κ1) is 9.27. The highest BCUT2D eigenvalue weighted by Gasteiger charge is 2.46. The Hall–Kier alpha value is -1.29. The number of carbonyl (C=O) groups is 1. The van der Waals surface area contributed by atoms with Gasteiger partial charge in [-0.1, -0.05) is 6.92 Å². The fraction of sp³-hybridized carbons (Fsp3) is 0.500. The average Bonchev–Trinajstić information content (AvgIpc) is 2.71. The normalized spacial score (nSPS) is 31.9. The van der Waals surface area contributed by atoms with Crippen LogP contribution < -0.4 is 5.32 Å². The summed E-state index contributed by atoms with van der Waals surface area (Å²) in [6.45, 7) is 3.08. The lowest BCUT2D eigenvalue weighted by Crippen LogP contribution is -2.35. The molecule has 1 aromatic heterocycles. The van der Waals surface area contributed by atoms with Crippen LogP contribution in [0.25, 0.3) is 0 Å². The molecule has 1 saturated heterocycles. The second kappa shape index (κ2) is 3.13. The van der Waals surface area contributed by atoms with Crippen molar-refractivity contribution in [3.05, 3.63) is 24.2 Å². The maximum absolute atomic E-state index is 11.0. The monoisotopic (exact) mass is 195 g/mol. The molecule has 0 spiro atoms. The first-order valence-corrected chi connectivity index (χ1v) is 4.62. The SMILES string of the molecule is CC1(c2ccco2)CNCC1C(=O)O. The topological polar surface area (TPSA) is 62.5 Å². The van der Waals surface area contributed by atoms with Gasteiger partial charge in [-0.2, -0.15) is 0 Å². The van der Waals surface area contributed by atoms with Crippen LogP contribution in [0.1, 0.15) is 12.7 Å². The molecule has 1 aliphatic heterocycles. The van der Waals surface area contributed by atoms with E-state index in [-0.39, 0.29) is 0 Å². The Balaban J connectivity index is 2.35. The molecule has 1 aliphatic rings. The summed E-state index contributed by atoms with van der Waals surface area (Å²) < 4.78 is 5.30. The highest BCUT2D eigenvalue weighted by Crippen LogP contribution is 2.35. The molecule has 4 nitrogen and oxygen atoms in total. The van der Waals surface area contributed by atoms with E-state index in [2.05, 4.69) is 5.32 Å². The van der Waals surface area contributed by atoms with Gasteiger partial charge in [0.25, 0.3) is 0 Å². The molecule has 0 saturated carbocycles. The van der Waals surface area contributed by atoms with Gasteiger partial charge >= 0.3 is 5.97 Å².